The van der Waals surface area contributed by atoms with E-state index in [1.165, 1.54) is 12.1 Å². The second-order valence-electron chi connectivity index (χ2n) is 5.28. The van der Waals surface area contributed by atoms with E-state index in [4.69, 9.17) is 10.5 Å². The number of rotatable bonds is 4. The third kappa shape index (κ3) is 4.88. The normalized spacial score (nSPS) is 12.4. The van der Waals surface area contributed by atoms with Crippen molar-refractivity contribution in [2.75, 3.05) is 0 Å². The smallest absolute Gasteiger partial charge is 0.407 e. The number of ether oxygens (including phenoxy) is 1. The lowest BCUT2D eigenvalue weighted by Crippen LogP contribution is -2.28. The van der Waals surface area contributed by atoms with Crippen molar-refractivity contribution in [1.82, 2.24) is 0 Å². The molecule has 0 bridgehead atoms. The Bertz CT molecular complexity index is 621. The molecule has 2 aromatic rings. The van der Waals surface area contributed by atoms with Crippen LogP contribution in [0.2, 0.25) is 0 Å². The van der Waals surface area contributed by atoms with Crippen LogP contribution in [0.25, 0.3) is 0 Å². The van der Waals surface area contributed by atoms with Crippen LogP contribution < -0.4 is 10.5 Å². The number of halogens is 4. The molecule has 0 saturated heterocycles. The number of benzene rings is 2. The van der Waals surface area contributed by atoms with E-state index in [1.54, 1.807) is 13.8 Å². The topological polar surface area (TPSA) is 35.2 Å². The van der Waals surface area contributed by atoms with Crippen molar-refractivity contribution in [2.45, 2.75) is 32.7 Å². The van der Waals surface area contributed by atoms with E-state index in [-0.39, 0.29) is 18.0 Å². The molecule has 126 valence electrons. The van der Waals surface area contributed by atoms with Gasteiger partial charge < -0.3 is 10.5 Å². The minimum atomic E-state index is -4.45. The highest BCUT2D eigenvalue weighted by Gasteiger charge is 2.38. The summed E-state index contributed by atoms with van der Waals surface area (Å²) in [4.78, 5) is 0. The Morgan fingerprint density at radius 2 is 1.57 bits per heavy atom. The Hall–Kier alpha value is -1.72. The van der Waals surface area contributed by atoms with Crippen LogP contribution in [-0.4, -0.2) is 6.18 Å². The van der Waals surface area contributed by atoms with Gasteiger partial charge in [-0.05, 0) is 36.1 Å². The van der Waals surface area contributed by atoms with Crippen molar-refractivity contribution in [3.05, 3.63) is 64.7 Å². The molecule has 1 atom stereocenters. The van der Waals surface area contributed by atoms with Crippen LogP contribution in [0.5, 0.6) is 5.75 Å². The van der Waals surface area contributed by atoms with E-state index >= 15 is 0 Å². The van der Waals surface area contributed by atoms with Gasteiger partial charge in [0.15, 0.2) is 0 Å². The lowest BCUT2D eigenvalue weighted by atomic mass is 10.0. The molecule has 0 saturated carbocycles. The summed E-state index contributed by atoms with van der Waals surface area (Å²) in [5.41, 5.74) is 7.60. The molecule has 2 aromatic carbocycles. The zero-order chi connectivity index (χ0) is 16.3. The molecule has 0 aliphatic rings. The highest BCUT2D eigenvalue weighted by Crippen LogP contribution is 2.34. The first-order chi connectivity index (χ1) is 10.3. The minimum Gasteiger partial charge on any atom is -0.488 e. The highest BCUT2D eigenvalue weighted by molar-refractivity contribution is 5.85. The maximum absolute atomic E-state index is 12.7. The third-order valence-corrected chi connectivity index (χ3v) is 3.42. The predicted octanol–water partition coefficient (Wildman–Crippen LogP) is 4.87. The molecule has 2 N–H and O–H groups in total. The molecule has 0 aliphatic carbocycles. The van der Waals surface area contributed by atoms with Gasteiger partial charge in [0.05, 0.1) is 0 Å². The number of hydrogen-bond donors (Lipinski definition) is 1. The van der Waals surface area contributed by atoms with Gasteiger partial charge in [0, 0.05) is 0 Å². The van der Waals surface area contributed by atoms with Gasteiger partial charge >= 0.3 is 6.18 Å². The number of nitrogens with two attached hydrogens (primary N) is 1. The fourth-order valence-corrected chi connectivity index (χ4v) is 2.31. The van der Waals surface area contributed by atoms with Gasteiger partial charge in [-0.15, -0.1) is 12.4 Å². The van der Waals surface area contributed by atoms with E-state index in [0.717, 1.165) is 5.56 Å². The van der Waals surface area contributed by atoms with E-state index in [0.29, 0.717) is 23.5 Å². The largest absolute Gasteiger partial charge is 0.488 e. The Balaban J connectivity index is 0.00000264. The van der Waals surface area contributed by atoms with E-state index in [1.807, 2.05) is 30.3 Å². The number of alkyl halides is 3. The molecule has 23 heavy (non-hydrogen) atoms. The summed E-state index contributed by atoms with van der Waals surface area (Å²) in [6.45, 7) is 3.81. The molecule has 0 radical (unpaired) electrons. The number of aryl methyl sites for hydroxylation is 2. The van der Waals surface area contributed by atoms with Crippen LogP contribution in [0.15, 0.2) is 42.5 Å². The molecule has 0 fully saturated rings. The standard InChI is InChI=1S/C17H18F3NO.ClH/c1-11-8-14(16(21)17(18,19)20)9-12(2)15(11)22-10-13-6-4-3-5-7-13;/h3-9,16H,10,21H2,1-2H3;1H/t16-;/m0./s1. The predicted molar refractivity (Wildman–Crippen MR) is 86.9 cm³/mol. The van der Waals surface area contributed by atoms with Crippen molar-refractivity contribution in [3.8, 4) is 5.75 Å². The fourth-order valence-electron chi connectivity index (χ4n) is 2.31. The highest BCUT2D eigenvalue weighted by atomic mass is 35.5. The molecule has 0 spiro atoms. The number of hydrogen-bond acceptors (Lipinski definition) is 2. The Labute approximate surface area is 139 Å². The van der Waals surface area contributed by atoms with E-state index in [9.17, 15) is 13.2 Å². The average molecular weight is 346 g/mol. The van der Waals surface area contributed by atoms with Crippen molar-refractivity contribution in [3.63, 3.8) is 0 Å². The molecule has 0 amide bonds. The van der Waals surface area contributed by atoms with Gasteiger partial charge in [0.1, 0.15) is 18.4 Å². The summed E-state index contributed by atoms with van der Waals surface area (Å²) >= 11 is 0. The van der Waals surface area contributed by atoms with Crippen LogP contribution in [0.3, 0.4) is 0 Å². The molecular weight excluding hydrogens is 327 g/mol. The molecule has 0 heterocycles. The van der Waals surface area contributed by atoms with Crippen molar-refractivity contribution >= 4 is 12.4 Å². The van der Waals surface area contributed by atoms with Crippen molar-refractivity contribution in [1.29, 1.82) is 0 Å². The summed E-state index contributed by atoms with van der Waals surface area (Å²) in [6.07, 6.45) is -4.45. The van der Waals surface area contributed by atoms with Crippen LogP contribution in [0.1, 0.15) is 28.3 Å². The van der Waals surface area contributed by atoms with Crippen LogP contribution in [0.4, 0.5) is 13.2 Å². The first-order valence-electron chi connectivity index (χ1n) is 6.89. The zero-order valence-corrected chi connectivity index (χ0v) is 13.7. The molecule has 2 nitrogen and oxygen atoms in total. The molecule has 2 rings (SSSR count). The SMILES string of the molecule is Cc1cc([C@H](N)C(F)(F)F)cc(C)c1OCc1ccccc1.Cl. The van der Waals surface area contributed by atoms with Gasteiger partial charge in [-0.1, -0.05) is 42.5 Å². The Kier molecular flexibility index (Phi) is 6.47. The van der Waals surface area contributed by atoms with Crippen LogP contribution in [-0.2, 0) is 6.61 Å². The lowest BCUT2D eigenvalue weighted by Gasteiger charge is -2.19. The Morgan fingerprint density at radius 1 is 1.04 bits per heavy atom. The maximum atomic E-state index is 12.7. The van der Waals surface area contributed by atoms with Gasteiger partial charge in [-0.2, -0.15) is 13.2 Å². The second kappa shape index (κ2) is 7.70. The monoisotopic (exact) mass is 345 g/mol. The van der Waals surface area contributed by atoms with Crippen LogP contribution in [0, 0.1) is 13.8 Å². The Morgan fingerprint density at radius 3 is 2.04 bits per heavy atom. The first-order valence-corrected chi connectivity index (χ1v) is 6.89. The van der Waals surface area contributed by atoms with E-state index < -0.39 is 12.2 Å². The molecule has 0 aliphatic heterocycles. The summed E-state index contributed by atoms with van der Waals surface area (Å²) < 4.78 is 43.9. The van der Waals surface area contributed by atoms with Gasteiger partial charge in [-0.3, -0.25) is 0 Å². The third-order valence-electron chi connectivity index (χ3n) is 3.42. The van der Waals surface area contributed by atoms with Crippen molar-refractivity contribution in [2.24, 2.45) is 5.73 Å². The summed E-state index contributed by atoms with van der Waals surface area (Å²) in [5, 5.41) is 0. The average Bonchev–Trinajstić information content (AvgIpc) is 2.45. The van der Waals surface area contributed by atoms with Gasteiger partial charge in [0.2, 0.25) is 0 Å². The first kappa shape index (κ1) is 19.3. The lowest BCUT2D eigenvalue weighted by molar-refractivity contribution is -0.149. The van der Waals surface area contributed by atoms with E-state index in [2.05, 4.69) is 0 Å². The quantitative estimate of drug-likeness (QED) is 0.858. The van der Waals surface area contributed by atoms with Gasteiger partial charge in [-0.25, -0.2) is 0 Å². The van der Waals surface area contributed by atoms with Crippen molar-refractivity contribution < 1.29 is 17.9 Å². The molecule has 6 heteroatoms. The summed E-state index contributed by atoms with van der Waals surface area (Å²) in [7, 11) is 0. The summed E-state index contributed by atoms with van der Waals surface area (Å²) in [6, 6.07) is 10.5. The molecule has 0 unspecified atom stereocenters. The molecular formula is C17H19ClF3NO. The van der Waals surface area contributed by atoms with Gasteiger partial charge in [0.25, 0.3) is 0 Å². The summed E-state index contributed by atoms with van der Waals surface area (Å²) in [5.74, 6) is 0.599. The second-order valence-corrected chi connectivity index (χ2v) is 5.28. The molecule has 0 aromatic heterocycles. The minimum absolute atomic E-state index is 0. The maximum Gasteiger partial charge on any atom is 0.407 e. The fraction of sp³-hybridized carbons (Fsp3) is 0.294. The zero-order valence-electron chi connectivity index (χ0n) is 12.9. The van der Waals surface area contributed by atoms with Crippen LogP contribution >= 0.6 is 12.4 Å².